The maximum Gasteiger partial charge on any atom is 0.249 e. The van der Waals surface area contributed by atoms with Gasteiger partial charge in [-0.3, -0.25) is 19.3 Å². The van der Waals surface area contributed by atoms with Gasteiger partial charge < -0.3 is 15.1 Å². The lowest BCUT2D eigenvalue weighted by molar-refractivity contribution is -0.140. The molecule has 0 bridgehead atoms. The van der Waals surface area contributed by atoms with E-state index in [0.29, 0.717) is 11.5 Å². The standard InChI is InChI=1S/C32H56N4O3/c1-21(2)28(19-24(7)31(38)35-18-16-25-13-9-10-14-26(25)20-35)34(8)32(39)29(22(3)4)33-30(37)27-15-11-12-17-36(27)23(5)6/h19,21-23,25-29H,9-18,20H2,1-8H3,(H,33,37)/b24-19+/t25?,26?,27?,28-,29?/m1/s1. The number of nitrogens with one attached hydrogen (secondary N) is 1. The summed E-state index contributed by atoms with van der Waals surface area (Å²) in [6.07, 6.45) is 11.2. The Labute approximate surface area is 238 Å². The van der Waals surface area contributed by atoms with Gasteiger partial charge in [0, 0.05) is 31.8 Å². The van der Waals surface area contributed by atoms with Crippen molar-refractivity contribution in [2.24, 2.45) is 23.7 Å². The van der Waals surface area contributed by atoms with E-state index in [2.05, 4.69) is 37.9 Å². The average Bonchev–Trinajstić information content (AvgIpc) is 2.92. The molecule has 3 amide bonds. The van der Waals surface area contributed by atoms with Gasteiger partial charge in [-0.1, -0.05) is 59.5 Å². The molecule has 39 heavy (non-hydrogen) atoms. The summed E-state index contributed by atoms with van der Waals surface area (Å²) in [6.45, 7) is 16.9. The zero-order chi connectivity index (χ0) is 28.9. The van der Waals surface area contributed by atoms with Crippen molar-refractivity contribution in [1.29, 1.82) is 0 Å². The number of carbonyl (C=O) groups excluding carboxylic acids is 3. The lowest BCUT2D eigenvalue weighted by atomic mass is 9.75. The lowest BCUT2D eigenvalue weighted by Crippen LogP contribution is -2.58. The van der Waals surface area contributed by atoms with Gasteiger partial charge in [0.15, 0.2) is 0 Å². The Balaban J connectivity index is 1.70. The Kier molecular flexibility index (Phi) is 11.5. The average molecular weight is 545 g/mol. The van der Waals surface area contributed by atoms with Crippen molar-refractivity contribution in [3.05, 3.63) is 11.6 Å². The van der Waals surface area contributed by atoms with E-state index in [4.69, 9.17) is 0 Å². The number of likely N-dealkylation sites (tertiary alicyclic amines) is 2. The van der Waals surface area contributed by atoms with Crippen LogP contribution in [0, 0.1) is 23.7 Å². The van der Waals surface area contributed by atoms with Crippen molar-refractivity contribution < 1.29 is 14.4 Å². The molecule has 0 spiro atoms. The fraction of sp³-hybridized carbons (Fsp3) is 0.844. The molecule has 2 saturated heterocycles. The van der Waals surface area contributed by atoms with E-state index in [1.54, 1.807) is 4.90 Å². The third-order valence-electron chi connectivity index (χ3n) is 9.56. The Bertz CT molecular complexity index is 883. The molecule has 0 aromatic rings. The summed E-state index contributed by atoms with van der Waals surface area (Å²) in [5.74, 6) is 1.47. The first-order valence-electron chi connectivity index (χ1n) is 15.7. The summed E-state index contributed by atoms with van der Waals surface area (Å²) in [7, 11) is 1.82. The first-order valence-corrected chi connectivity index (χ1v) is 15.7. The van der Waals surface area contributed by atoms with Crippen molar-refractivity contribution in [1.82, 2.24) is 20.0 Å². The molecule has 3 fully saturated rings. The van der Waals surface area contributed by atoms with E-state index in [-0.39, 0.29) is 47.7 Å². The number of rotatable bonds is 9. The highest BCUT2D eigenvalue weighted by Crippen LogP contribution is 2.36. The lowest BCUT2D eigenvalue weighted by Gasteiger charge is -2.41. The van der Waals surface area contributed by atoms with Crippen LogP contribution < -0.4 is 5.32 Å². The molecule has 5 atom stereocenters. The molecule has 222 valence electrons. The number of amides is 3. The van der Waals surface area contributed by atoms with Crippen LogP contribution in [0.15, 0.2) is 11.6 Å². The van der Waals surface area contributed by atoms with Crippen LogP contribution in [0.2, 0.25) is 0 Å². The molecular formula is C32H56N4O3. The van der Waals surface area contributed by atoms with E-state index < -0.39 is 6.04 Å². The van der Waals surface area contributed by atoms with Crippen LogP contribution in [0.1, 0.15) is 99.8 Å². The molecule has 1 saturated carbocycles. The molecule has 3 rings (SSSR count). The molecule has 3 aliphatic rings. The number of fused-ring (bicyclic) bond motifs is 1. The molecular weight excluding hydrogens is 488 g/mol. The topological polar surface area (TPSA) is 73.0 Å². The highest BCUT2D eigenvalue weighted by Gasteiger charge is 2.37. The monoisotopic (exact) mass is 544 g/mol. The summed E-state index contributed by atoms with van der Waals surface area (Å²) < 4.78 is 0. The van der Waals surface area contributed by atoms with Crippen molar-refractivity contribution >= 4 is 17.7 Å². The van der Waals surface area contributed by atoms with Crippen LogP contribution in [-0.4, -0.2) is 83.3 Å². The van der Waals surface area contributed by atoms with Gasteiger partial charge in [-0.2, -0.15) is 0 Å². The third-order valence-corrected chi connectivity index (χ3v) is 9.56. The van der Waals surface area contributed by atoms with Crippen molar-refractivity contribution in [2.75, 3.05) is 26.7 Å². The largest absolute Gasteiger partial charge is 0.343 e. The molecule has 2 heterocycles. The van der Waals surface area contributed by atoms with Gasteiger partial charge in [0.25, 0.3) is 0 Å². The Morgan fingerprint density at radius 2 is 1.49 bits per heavy atom. The van der Waals surface area contributed by atoms with E-state index in [9.17, 15) is 14.4 Å². The summed E-state index contributed by atoms with van der Waals surface area (Å²) in [6, 6.07) is -0.730. The van der Waals surface area contributed by atoms with E-state index in [1.807, 2.05) is 38.8 Å². The smallest absolute Gasteiger partial charge is 0.249 e. The highest BCUT2D eigenvalue weighted by molar-refractivity contribution is 5.93. The second-order valence-corrected chi connectivity index (χ2v) is 13.5. The molecule has 0 aromatic carbocycles. The summed E-state index contributed by atoms with van der Waals surface area (Å²) in [5, 5.41) is 3.13. The number of hydrogen-bond acceptors (Lipinski definition) is 4. The Hall–Kier alpha value is -1.89. The summed E-state index contributed by atoms with van der Waals surface area (Å²) in [4.78, 5) is 46.8. The number of nitrogens with zero attached hydrogens (tertiary/aromatic N) is 3. The number of carbonyl (C=O) groups is 3. The van der Waals surface area contributed by atoms with Gasteiger partial charge in [0.2, 0.25) is 17.7 Å². The molecule has 2 aliphatic heterocycles. The Morgan fingerprint density at radius 1 is 0.846 bits per heavy atom. The second kappa shape index (κ2) is 14.1. The maximum absolute atomic E-state index is 13.8. The quantitative estimate of drug-likeness (QED) is 0.421. The van der Waals surface area contributed by atoms with E-state index in [1.165, 1.54) is 25.7 Å². The minimum atomic E-state index is -0.602. The number of likely N-dealkylation sites (N-methyl/N-ethyl adjacent to an activating group) is 1. The van der Waals surface area contributed by atoms with Crippen LogP contribution in [0.25, 0.3) is 0 Å². The van der Waals surface area contributed by atoms with Crippen LogP contribution in [-0.2, 0) is 14.4 Å². The molecule has 7 heteroatoms. The molecule has 0 aromatic heterocycles. The van der Waals surface area contributed by atoms with Crippen molar-refractivity contribution in [3.8, 4) is 0 Å². The number of hydrogen-bond donors (Lipinski definition) is 1. The van der Waals surface area contributed by atoms with Crippen LogP contribution in [0.3, 0.4) is 0 Å². The highest BCUT2D eigenvalue weighted by atomic mass is 16.2. The fourth-order valence-electron chi connectivity index (χ4n) is 7.10. The minimum absolute atomic E-state index is 0.0436. The zero-order valence-electron chi connectivity index (χ0n) is 26.0. The maximum atomic E-state index is 13.8. The van der Waals surface area contributed by atoms with Crippen molar-refractivity contribution in [3.63, 3.8) is 0 Å². The van der Waals surface area contributed by atoms with Crippen LogP contribution in [0.4, 0.5) is 0 Å². The zero-order valence-corrected chi connectivity index (χ0v) is 26.0. The fourth-order valence-corrected chi connectivity index (χ4v) is 7.10. The molecule has 1 aliphatic carbocycles. The predicted octanol–water partition coefficient (Wildman–Crippen LogP) is 4.86. The first-order chi connectivity index (χ1) is 18.4. The molecule has 7 nitrogen and oxygen atoms in total. The molecule has 0 radical (unpaired) electrons. The van der Waals surface area contributed by atoms with Crippen LogP contribution in [0.5, 0.6) is 0 Å². The number of piperidine rings is 2. The normalized spacial score (nSPS) is 26.4. The Morgan fingerprint density at radius 3 is 2.10 bits per heavy atom. The van der Waals surface area contributed by atoms with E-state index >= 15 is 0 Å². The van der Waals surface area contributed by atoms with Gasteiger partial charge in [0.05, 0.1) is 12.1 Å². The van der Waals surface area contributed by atoms with Crippen LogP contribution >= 0.6 is 0 Å². The van der Waals surface area contributed by atoms with Gasteiger partial charge in [-0.25, -0.2) is 0 Å². The van der Waals surface area contributed by atoms with Gasteiger partial charge in [-0.15, -0.1) is 0 Å². The van der Waals surface area contributed by atoms with E-state index in [0.717, 1.165) is 51.2 Å². The third kappa shape index (κ3) is 7.86. The molecule has 1 N–H and O–H groups in total. The summed E-state index contributed by atoms with van der Waals surface area (Å²) in [5.41, 5.74) is 0.711. The first kappa shape index (κ1) is 31.6. The van der Waals surface area contributed by atoms with Gasteiger partial charge in [0.1, 0.15) is 6.04 Å². The van der Waals surface area contributed by atoms with Crippen molar-refractivity contribution in [2.45, 2.75) is 124 Å². The second-order valence-electron chi connectivity index (χ2n) is 13.5. The minimum Gasteiger partial charge on any atom is -0.343 e. The summed E-state index contributed by atoms with van der Waals surface area (Å²) >= 11 is 0. The molecule has 4 unspecified atom stereocenters. The van der Waals surface area contributed by atoms with Gasteiger partial charge in [-0.05, 0) is 76.7 Å². The SMILES string of the molecule is C/C(=C\[C@H](C(C)C)N(C)C(=O)C(NC(=O)C1CCCCN1C(C)C)C(C)C)C(=O)N1CCC2CCCCC2C1. The predicted molar refractivity (Wildman–Crippen MR) is 158 cm³/mol. The van der Waals surface area contributed by atoms with Gasteiger partial charge >= 0.3 is 0 Å².